The maximum absolute atomic E-state index is 13.9. The predicted octanol–water partition coefficient (Wildman–Crippen LogP) is 5.53. The van der Waals surface area contributed by atoms with E-state index in [1.807, 2.05) is 85.1 Å². The third-order valence-corrected chi connectivity index (χ3v) is 5.95. The molecule has 5 aromatic rings. The van der Waals surface area contributed by atoms with Crippen molar-refractivity contribution >= 4 is 16.8 Å². The number of imidazole rings is 1. The summed E-state index contributed by atoms with van der Waals surface area (Å²) in [5, 5.41) is 0. The highest BCUT2D eigenvalue weighted by atomic mass is 16.1. The van der Waals surface area contributed by atoms with Crippen molar-refractivity contribution in [2.24, 2.45) is 0 Å². The maximum Gasteiger partial charge on any atom is 0.188 e. The van der Waals surface area contributed by atoms with Crippen LogP contribution < -0.4 is 0 Å². The standard InChI is InChI=1S/C26H19N3O/c30-25(19-12-5-2-6-13-19)24-23(18-10-3-1-4-11-18)29-21-15-8-7-14-20(21)27-26(29)22-16-9-17-28(22)24/h1-17,23-24H/t23-,24+/m1/s1. The first-order valence-electron chi connectivity index (χ1n) is 10.1. The minimum atomic E-state index is -0.398. The van der Waals surface area contributed by atoms with E-state index in [2.05, 4.69) is 27.3 Å². The van der Waals surface area contributed by atoms with Gasteiger partial charge in [-0.25, -0.2) is 4.98 Å². The van der Waals surface area contributed by atoms with E-state index in [4.69, 9.17) is 4.98 Å². The summed E-state index contributed by atoms with van der Waals surface area (Å²) < 4.78 is 4.33. The lowest BCUT2D eigenvalue weighted by atomic mass is 9.90. The summed E-state index contributed by atoms with van der Waals surface area (Å²) in [7, 11) is 0. The summed E-state index contributed by atoms with van der Waals surface area (Å²) in [5.41, 5.74) is 4.76. The molecule has 144 valence electrons. The van der Waals surface area contributed by atoms with Crippen LogP contribution in [0.2, 0.25) is 0 Å². The van der Waals surface area contributed by atoms with E-state index in [1.165, 1.54) is 0 Å². The second-order valence-corrected chi connectivity index (χ2v) is 7.63. The molecule has 30 heavy (non-hydrogen) atoms. The molecule has 1 aliphatic heterocycles. The number of hydrogen-bond acceptors (Lipinski definition) is 2. The molecule has 1 aliphatic rings. The molecule has 0 saturated carbocycles. The Morgan fingerprint density at radius 3 is 2.27 bits per heavy atom. The Kier molecular flexibility index (Phi) is 3.71. The van der Waals surface area contributed by atoms with Crippen molar-refractivity contribution in [3.8, 4) is 11.5 Å². The van der Waals surface area contributed by atoms with Gasteiger partial charge >= 0.3 is 0 Å². The zero-order chi connectivity index (χ0) is 20.1. The van der Waals surface area contributed by atoms with Crippen LogP contribution >= 0.6 is 0 Å². The molecule has 0 fully saturated rings. The fourth-order valence-corrected chi connectivity index (χ4v) is 4.65. The number of ketones is 1. The van der Waals surface area contributed by atoms with Gasteiger partial charge in [0.1, 0.15) is 6.04 Å². The summed E-state index contributed by atoms with van der Waals surface area (Å²) >= 11 is 0. The van der Waals surface area contributed by atoms with Gasteiger partial charge in [-0.3, -0.25) is 4.79 Å². The van der Waals surface area contributed by atoms with E-state index < -0.39 is 6.04 Å². The fourth-order valence-electron chi connectivity index (χ4n) is 4.65. The Bertz CT molecular complexity index is 1370. The molecule has 2 atom stereocenters. The van der Waals surface area contributed by atoms with Gasteiger partial charge in [-0.05, 0) is 29.8 Å². The highest BCUT2D eigenvalue weighted by Crippen LogP contribution is 2.44. The second kappa shape index (κ2) is 6.56. The normalized spacial score (nSPS) is 17.5. The predicted molar refractivity (Wildman–Crippen MR) is 118 cm³/mol. The lowest BCUT2D eigenvalue weighted by Crippen LogP contribution is -2.34. The van der Waals surface area contributed by atoms with Gasteiger partial charge < -0.3 is 9.13 Å². The number of aromatic nitrogens is 3. The number of Topliss-reactive ketones (excluding diaryl/α,β-unsaturated/α-hetero) is 1. The first-order valence-corrected chi connectivity index (χ1v) is 10.1. The van der Waals surface area contributed by atoms with Gasteiger partial charge in [-0.2, -0.15) is 0 Å². The number of benzene rings is 3. The number of nitrogens with zero attached hydrogens (tertiary/aromatic N) is 3. The van der Waals surface area contributed by atoms with E-state index in [0.717, 1.165) is 33.7 Å². The molecular weight excluding hydrogens is 370 g/mol. The molecular formula is C26H19N3O. The average Bonchev–Trinajstić information content (AvgIpc) is 3.44. The molecule has 0 aliphatic carbocycles. The molecule has 3 heterocycles. The number of carbonyl (C=O) groups excluding carboxylic acids is 1. The van der Waals surface area contributed by atoms with E-state index in [9.17, 15) is 4.79 Å². The smallest absolute Gasteiger partial charge is 0.188 e. The molecule has 4 nitrogen and oxygen atoms in total. The molecule has 0 radical (unpaired) electrons. The third kappa shape index (κ3) is 2.40. The summed E-state index contributed by atoms with van der Waals surface area (Å²) in [6.45, 7) is 0. The van der Waals surface area contributed by atoms with E-state index in [-0.39, 0.29) is 11.8 Å². The zero-order valence-electron chi connectivity index (χ0n) is 16.2. The number of hydrogen-bond donors (Lipinski definition) is 0. The van der Waals surface area contributed by atoms with Crippen LogP contribution in [0.3, 0.4) is 0 Å². The Morgan fingerprint density at radius 2 is 1.47 bits per heavy atom. The zero-order valence-corrected chi connectivity index (χ0v) is 16.2. The number of fused-ring (bicyclic) bond motifs is 5. The monoisotopic (exact) mass is 389 g/mol. The largest absolute Gasteiger partial charge is 0.332 e. The Morgan fingerprint density at radius 1 is 0.767 bits per heavy atom. The number of para-hydroxylation sites is 2. The average molecular weight is 389 g/mol. The van der Waals surface area contributed by atoms with Crippen LogP contribution in [0.15, 0.2) is 103 Å². The highest BCUT2D eigenvalue weighted by molar-refractivity contribution is 6.00. The fraction of sp³-hybridized carbons (Fsp3) is 0.0769. The first kappa shape index (κ1) is 17.0. The number of carbonyl (C=O) groups is 1. The maximum atomic E-state index is 13.9. The minimum absolute atomic E-state index is 0.102. The number of rotatable bonds is 3. The molecule has 4 heteroatoms. The van der Waals surface area contributed by atoms with Crippen LogP contribution in [0.1, 0.15) is 28.0 Å². The molecule has 3 aromatic carbocycles. The van der Waals surface area contributed by atoms with E-state index >= 15 is 0 Å². The second-order valence-electron chi connectivity index (χ2n) is 7.63. The summed E-state index contributed by atoms with van der Waals surface area (Å²) in [6.07, 6.45) is 2.00. The van der Waals surface area contributed by atoms with Crippen LogP contribution in [-0.4, -0.2) is 19.9 Å². The summed E-state index contributed by atoms with van der Waals surface area (Å²) in [5.74, 6) is 0.998. The van der Waals surface area contributed by atoms with Gasteiger partial charge in [-0.1, -0.05) is 72.8 Å². The molecule has 0 unspecified atom stereocenters. The van der Waals surface area contributed by atoms with Gasteiger partial charge in [0.25, 0.3) is 0 Å². The van der Waals surface area contributed by atoms with Crippen LogP contribution in [0.4, 0.5) is 0 Å². The van der Waals surface area contributed by atoms with Gasteiger partial charge in [0, 0.05) is 11.8 Å². The molecule has 0 spiro atoms. The third-order valence-electron chi connectivity index (χ3n) is 5.95. The van der Waals surface area contributed by atoms with Crippen molar-refractivity contribution in [3.63, 3.8) is 0 Å². The van der Waals surface area contributed by atoms with Crippen molar-refractivity contribution in [1.29, 1.82) is 0 Å². The van der Waals surface area contributed by atoms with Crippen LogP contribution in [-0.2, 0) is 0 Å². The minimum Gasteiger partial charge on any atom is -0.332 e. The van der Waals surface area contributed by atoms with Crippen LogP contribution in [0.5, 0.6) is 0 Å². The molecule has 0 amide bonds. The van der Waals surface area contributed by atoms with Crippen molar-refractivity contribution in [2.75, 3.05) is 0 Å². The lowest BCUT2D eigenvalue weighted by Gasteiger charge is -2.35. The quantitative estimate of drug-likeness (QED) is 0.381. The lowest BCUT2D eigenvalue weighted by molar-refractivity contribution is 0.0895. The van der Waals surface area contributed by atoms with Crippen LogP contribution in [0, 0.1) is 0 Å². The van der Waals surface area contributed by atoms with Gasteiger partial charge in [0.05, 0.1) is 22.8 Å². The Hall–Kier alpha value is -3.92. The van der Waals surface area contributed by atoms with Gasteiger partial charge in [-0.15, -0.1) is 0 Å². The molecule has 0 saturated heterocycles. The molecule has 2 aromatic heterocycles. The highest BCUT2D eigenvalue weighted by Gasteiger charge is 2.40. The van der Waals surface area contributed by atoms with Crippen molar-refractivity contribution in [3.05, 3.63) is 114 Å². The summed E-state index contributed by atoms with van der Waals surface area (Å²) in [6, 6.07) is 31.4. The molecule has 6 rings (SSSR count). The van der Waals surface area contributed by atoms with Crippen molar-refractivity contribution in [2.45, 2.75) is 12.1 Å². The SMILES string of the molecule is O=C(c1ccccc1)[C@@H]1[C@@H](c2ccccc2)n2c(nc3ccccc32)-c2cccn21. The Labute approximate surface area is 174 Å². The van der Waals surface area contributed by atoms with Crippen molar-refractivity contribution in [1.82, 2.24) is 14.1 Å². The van der Waals surface area contributed by atoms with E-state index in [1.54, 1.807) is 0 Å². The van der Waals surface area contributed by atoms with Gasteiger partial charge in [0.15, 0.2) is 11.6 Å². The van der Waals surface area contributed by atoms with Crippen molar-refractivity contribution < 1.29 is 4.79 Å². The molecule has 0 N–H and O–H groups in total. The first-order chi connectivity index (χ1) is 14.8. The van der Waals surface area contributed by atoms with Crippen LogP contribution in [0.25, 0.3) is 22.6 Å². The molecule has 0 bridgehead atoms. The Balaban J connectivity index is 1.67. The van der Waals surface area contributed by atoms with Gasteiger partial charge in [0.2, 0.25) is 0 Å². The topological polar surface area (TPSA) is 39.8 Å². The van der Waals surface area contributed by atoms with E-state index in [0.29, 0.717) is 0 Å². The summed E-state index contributed by atoms with van der Waals surface area (Å²) in [4.78, 5) is 18.8.